The summed E-state index contributed by atoms with van der Waals surface area (Å²) in [5.41, 5.74) is 1.47. The lowest BCUT2D eigenvalue weighted by molar-refractivity contribution is -0.158. The highest BCUT2D eigenvalue weighted by Crippen LogP contribution is 2.35. The van der Waals surface area contributed by atoms with E-state index in [1.165, 1.54) is 21.3 Å². The normalized spacial score (nSPS) is 20.4. The van der Waals surface area contributed by atoms with Gasteiger partial charge in [-0.25, -0.2) is 4.98 Å². The monoisotopic (exact) mass is 294 g/mol. The van der Waals surface area contributed by atoms with Crippen molar-refractivity contribution in [2.75, 3.05) is 21.3 Å². The minimum atomic E-state index is -0.616. The highest BCUT2D eigenvalue weighted by atomic mass is 16.5. The Balaban J connectivity index is 2.46. The van der Waals surface area contributed by atoms with E-state index in [4.69, 9.17) is 14.2 Å². The van der Waals surface area contributed by atoms with Crippen LogP contribution in [-0.2, 0) is 31.9 Å². The molecular formula is C14H18N2O5. The second kappa shape index (κ2) is 6.07. The summed E-state index contributed by atoms with van der Waals surface area (Å²) < 4.78 is 14.9. The SMILES string of the molecule is COC(=O)[C@@H]1Cc2nc(C)nc(OC)c2C[C@H]1C(=O)OC. The van der Waals surface area contributed by atoms with Crippen molar-refractivity contribution in [3.05, 3.63) is 17.1 Å². The van der Waals surface area contributed by atoms with E-state index < -0.39 is 23.8 Å². The Bertz CT molecular complexity index is 573. The Morgan fingerprint density at radius 1 is 1.00 bits per heavy atom. The number of hydrogen-bond donors (Lipinski definition) is 0. The molecule has 1 aromatic heterocycles. The zero-order valence-corrected chi connectivity index (χ0v) is 12.5. The summed E-state index contributed by atoms with van der Waals surface area (Å²) in [7, 11) is 4.12. The molecule has 21 heavy (non-hydrogen) atoms. The minimum absolute atomic E-state index is 0.297. The predicted molar refractivity (Wildman–Crippen MR) is 71.7 cm³/mol. The molecule has 1 aliphatic rings. The molecule has 2 rings (SSSR count). The highest BCUT2D eigenvalue weighted by Gasteiger charge is 2.41. The number of aryl methyl sites for hydroxylation is 1. The number of methoxy groups -OCH3 is 3. The Hall–Kier alpha value is -2.18. The maximum Gasteiger partial charge on any atom is 0.309 e. The van der Waals surface area contributed by atoms with Gasteiger partial charge in [-0.3, -0.25) is 9.59 Å². The fourth-order valence-electron chi connectivity index (χ4n) is 2.68. The number of carbonyl (C=O) groups excluding carboxylic acids is 2. The fraction of sp³-hybridized carbons (Fsp3) is 0.571. The van der Waals surface area contributed by atoms with Gasteiger partial charge >= 0.3 is 11.9 Å². The number of hydrogen-bond acceptors (Lipinski definition) is 7. The average Bonchev–Trinajstić information content (AvgIpc) is 2.51. The van der Waals surface area contributed by atoms with E-state index in [1.807, 2.05) is 0 Å². The fourth-order valence-corrected chi connectivity index (χ4v) is 2.68. The Kier molecular flexibility index (Phi) is 4.40. The molecule has 0 amide bonds. The maximum atomic E-state index is 12.0. The Morgan fingerprint density at radius 2 is 1.57 bits per heavy atom. The van der Waals surface area contributed by atoms with Gasteiger partial charge in [0.15, 0.2) is 0 Å². The molecule has 7 nitrogen and oxygen atoms in total. The number of nitrogens with zero attached hydrogens (tertiary/aromatic N) is 2. The van der Waals surface area contributed by atoms with E-state index in [0.717, 1.165) is 11.3 Å². The quantitative estimate of drug-likeness (QED) is 0.749. The molecule has 0 N–H and O–H groups in total. The summed E-state index contributed by atoms with van der Waals surface area (Å²) in [6, 6.07) is 0. The summed E-state index contributed by atoms with van der Waals surface area (Å²) >= 11 is 0. The Labute approximate surface area is 122 Å². The number of esters is 2. The zero-order valence-electron chi connectivity index (χ0n) is 12.5. The first-order valence-electron chi connectivity index (χ1n) is 6.57. The molecule has 0 bridgehead atoms. The molecule has 7 heteroatoms. The van der Waals surface area contributed by atoms with Crippen molar-refractivity contribution < 1.29 is 23.8 Å². The summed E-state index contributed by atoms with van der Waals surface area (Å²) in [5.74, 6) is -1.10. The minimum Gasteiger partial charge on any atom is -0.481 e. The van der Waals surface area contributed by atoms with Crippen molar-refractivity contribution in [1.82, 2.24) is 9.97 Å². The summed E-state index contributed by atoms with van der Waals surface area (Å²) in [4.78, 5) is 32.5. The maximum absolute atomic E-state index is 12.0. The predicted octanol–water partition coefficient (Wildman–Crippen LogP) is 0.471. The number of aromatic nitrogens is 2. The molecule has 0 saturated heterocycles. The van der Waals surface area contributed by atoms with E-state index in [-0.39, 0.29) is 0 Å². The second-order valence-corrected chi connectivity index (χ2v) is 4.87. The summed E-state index contributed by atoms with van der Waals surface area (Å²) in [5, 5.41) is 0. The second-order valence-electron chi connectivity index (χ2n) is 4.87. The van der Waals surface area contributed by atoms with Crippen molar-refractivity contribution in [2.45, 2.75) is 19.8 Å². The lowest BCUT2D eigenvalue weighted by Crippen LogP contribution is -2.38. The molecule has 1 aliphatic carbocycles. The first-order valence-corrected chi connectivity index (χ1v) is 6.57. The average molecular weight is 294 g/mol. The van der Waals surface area contributed by atoms with Crippen LogP contribution < -0.4 is 4.74 Å². The van der Waals surface area contributed by atoms with Crippen LogP contribution in [-0.4, -0.2) is 43.2 Å². The Morgan fingerprint density at radius 3 is 2.10 bits per heavy atom. The van der Waals surface area contributed by atoms with Gasteiger partial charge in [0.2, 0.25) is 5.88 Å². The van der Waals surface area contributed by atoms with Gasteiger partial charge in [-0.05, 0) is 13.3 Å². The molecule has 0 aliphatic heterocycles. The third-order valence-corrected chi connectivity index (χ3v) is 3.69. The van der Waals surface area contributed by atoms with Crippen molar-refractivity contribution in [3.63, 3.8) is 0 Å². The largest absolute Gasteiger partial charge is 0.481 e. The third-order valence-electron chi connectivity index (χ3n) is 3.69. The number of rotatable bonds is 3. The van der Waals surface area contributed by atoms with E-state index in [2.05, 4.69) is 9.97 Å². The first-order chi connectivity index (χ1) is 10.0. The lowest BCUT2D eigenvalue weighted by atomic mass is 9.78. The van der Waals surface area contributed by atoms with Gasteiger partial charge in [0.05, 0.1) is 38.9 Å². The number of ether oxygens (including phenoxy) is 3. The number of fused-ring (bicyclic) bond motifs is 1. The van der Waals surface area contributed by atoms with Crippen LogP contribution in [0, 0.1) is 18.8 Å². The molecular weight excluding hydrogens is 276 g/mol. The lowest BCUT2D eigenvalue weighted by Gasteiger charge is -2.29. The van der Waals surface area contributed by atoms with Crippen LogP contribution in [0.5, 0.6) is 5.88 Å². The van der Waals surface area contributed by atoms with Crippen molar-refractivity contribution in [3.8, 4) is 5.88 Å². The molecule has 1 aromatic rings. The molecule has 0 spiro atoms. The van der Waals surface area contributed by atoms with Gasteiger partial charge in [-0.1, -0.05) is 0 Å². The van der Waals surface area contributed by atoms with E-state index >= 15 is 0 Å². The van der Waals surface area contributed by atoms with E-state index in [0.29, 0.717) is 24.5 Å². The smallest absolute Gasteiger partial charge is 0.309 e. The van der Waals surface area contributed by atoms with Gasteiger partial charge < -0.3 is 14.2 Å². The highest BCUT2D eigenvalue weighted by molar-refractivity contribution is 5.83. The molecule has 0 radical (unpaired) electrons. The van der Waals surface area contributed by atoms with Gasteiger partial charge in [-0.15, -0.1) is 0 Å². The molecule has 0 unspecified atom stereocenters. The van der Waals surface area contributed by atoms with Crippen LogP contribution in [0.15, 0.2) is 0 Å². The third kappa shape index (κ3) is 2.81. The van der Waals surface area contributed by atoms with Crippen LogP contribution >= 0.6 is 0 Å². The van der Waals surface area contributed by atoms with Gasteiger partial charge in [0, 0.05) is 12.0 Å². The van der Waals surface area contributed by atoms with Crippen LogP contribution in [0.4, 0.5) is 0 Å². The summed E-state index contributed by atoms with van der Waals surface area (Å²) in [6.45, 7) is 1.75. The first kappa shape index (κ1) is 15.2. The molecule has 0 saturated carbocycles. The molecule has 0 fully saturated rings. The van der Waals surface area contributed by atoms with Gasteiger partial charge in [-0.2, -0.15) is 4.98 Å². The van der Waals surface area contributed by atoms with E-state index in [1.54, 1.807) is 6.92 Å². The topological polar surface area (TPSA) is 87.6 Å². The van der Waals surface area contributed by atoms with Crippen molar-refractivity contribution in [2.24, 2.45) is 11.8 Å². The van der Waals surface area contributed by atoms with Gasteiger partial charge in [0.25, 0.3) is 0 Å². The van der Waals surface area contributed by atoms with Crippen LogP contribution in [0.3, 0.4) is 0 Å². The molecule has 114 valence electrons. The number of carbonyl (C=O) groups is 2. The molecule has 2 atom stereocenters. The molecule has 1 heterocycles. The van der Waals surface area contributed by atoms with Crippen LogP contribution in [0.25, 0.3) is 0 Å². The molecule has 0 aromatic carbocycles. The van der Waals surface area contributed by atoms with Crippen LogP contribution in [0.1, 0.15) is 17.1 Å². The van der Waals surface area contributed by atoms with Crippen LogP contribution in [0.2, 0.25) is 0 Å². The van der Waals surface area contributed by atoms with Gasteiger partial charge in [0.1, 0.15) is 5.82 Å². The zero-order chi connectivity index (χ0) is 15.6. The van der Waals surface area contributed by atoms with Crippen molar-refractivity contribution in [1.29, 1.82) is 0 Å². The standard InChI is InChI=1S/C14H18N2O5/c1-7-15-11-6-9(14(18)21-4)8(13(17)20-3)5-10(11)12(16-7)19-2/h8-9H,5-6H2,1-4H3/t8-,9-/m1/s1. The summed E-state index contributed by atoms with van der Waals surface area (Å²) in [6.07, 6.45) is 0.604. The van der Waals surface area contributed by atoms with E-state index in [9.17, 15) is 9.59 Å². The van der Waals surface area contributed by atoms with Crippen molar-refractivity contribution >= 4 is 11.9 Å².